The summed E-state index contributed by atoms with van der Waals surface area (Å²) in [6.45, 7) is 0.927. The summed E-state index contributed by atoms with van der Waals surface area (Å²) >= 11 is 3.33. The normalized spacial score (nSPS) is 13.1. The van der Waals surface area contributed by atoms with Crippen LogP contribution in [0.4, 0.5) is 4.39 Å². The van der Waals surface area contributed by atoms with Gasteiger partial charge in [-0.25, -0.2) is 4.39 Å². The lowest BCUT2D eigenvalue weighted by Gasteiger charge is -2.15. The van der Waals surface area contributed by atoms with Gasteiger partial charge in [0.25, 0.3) is 0 Å². The van der Waals surface area contributed by atoms with Crippen molar-refractivity contribution in [1.29, 1.82) is 0 Å². The molecule has 0 saturated carbocycles. The van der Waals surface area contributed by atoms with Crippen molar-refractivity contribution < 1.29 is 4.39 Å². The maximum atomic E-state index is 13.4. The van der Waals surface area contributed by atoms with Crippen LogP contribution in [0.1, 0.15) is 12.0 Å². The average Bonchev–Trinajstić information content (AvgIpc) is 2.20. The minimum atomic E-state index is -0.177. The largest absolute Gasteiger partial charge is 0.327 e. The summed E-state index contributed by atoms with van der Waals surface area (Å²) in [6.07, 6.45) is 1.46. The molecule has 1 rings (SSSR count). The highest BCUT2D eigenvalue weighted by Crippen LogP contribution is 2.17. The molecule has 0 amide bonds. The van der Waals surface area contributed by atoms with E-state index in [1.807, 2.05) is 14.1 Å². The van der Waals surface area contributed by atoms with Gasteiger partial charge in [-0.1, -0.05) is 15.9 Å². The molecule has 90 valence electrons. The highest BCUT2D eigenvalue weighted by Gasteiger charge is 2.09. The molecule has 0 aliphatic heterocycles. The maximum Gasteiger partial charge on any atom is 0.126 e. The van der Waals surface area contributed by atoms with E-state index < -0.39 is 0 Å². The van der Waals surface area contributed by atoms with Gasteiger partial charge in [0.1, 0.15) is 5.82 Å². The topological polar surface area (TPSA) is 29.3 Å². The first-order chi connectivity index (χ1) is 7.49. The van der Waals surface area contributed by atoms with Crippen LogP contribution in [-0.4, -0.2) is 31.6 Å². The van der Waals surface area contributed by atoms with Crippen molar-refractivity contribution in [3.63, 3.8) is 0 Å². The first-order valence-electron chi connectivity index (χ1n) is 5.33. The second-order valence-corrected chi connectivity index (χ2v) is 5.21. The summed E-state index contributed by atoms with van der Waals surface area (Å²) in [5.74, 6) is -0.177. The van der Waals surface area contributed by atoms with Crippen LogP contribution in [0.15, 0.2) is 22.7 Å². The van der Waals surface area contributed by atoms with E-state index in [0.717, 1.165) is 17.4 Å². The van der Waals surface area contributed by atoms with E-state index in [1.165, 1.54) is 6.07 Å². The van der Waals surface area contributed by atoms with Gasteiger partial charge in [0.2, 0.25) is 0 Å². The van der Waals surface area contributed by atoms with Gasteiger partial charge >= 0.3 is 0 Å². The lowest BCUT2D eigenvalue weighted by atomic mass is 10.0. The van der Waals surface area contributed by atoms with E-state index in [-0.39, 0.29) is 11.9 Å². The molecule has 4 heteroatoms. The van der Waals surface area contributed by atoms with Gasteiger partial charge in [0, 0.05) is 10.5 Å². The van der Waals surface area contributed by atoms with Gasteiger partial charge in [-0.15, -0.1) is 0 Å². The Morgan fingerprint density at radius 3 is 2.75 bits per heavy atom. The third-order valence-corrected chi connectivity index (χ3v) is 2.93. The van der Waals surface area contributed by atoms with Crippen LogP contribution in [0, 0.1) is 5.82 Å². The van der Waals surface area contributed by atoms with Gasteiger partial charge < -0.3 is 10.6 Å². The standard InChI is InChI=1S/C12H18BrFN2/c1-16(2)6-5-11(15)8-9-7-10(13)3-4-12(9)14/h3-4,7,11H,5-6,8,15H2,1-2H3. The summed E-state index contributed by atoms with van der Waals surface area (Å²) in [7, 11) is 4.01. The number of nitrogens with two attached hydrogens (primary N) is 1. The van der Waals surface area contributed by atoms with Crippen molar-refractivity contribution >= 4 is 15.9 Å². The van der Waals surface area contributed by atoms with E-state index in [1.54, 1.807) is 12.1 Å². The van der Waals surface area contributed by atoms with E-state index in [4.69, 9.17) is 5.73 Å². The molecule has 16 heavy (non-hydrogen) atoms. The van der Waals surface area contributed by atoms with E-state index in [2.05, 4.69) is 20.8 Å². The Hall–Kier alpha value is -0.450. The molecular formula is C12H18BrFN2. The fourth-order valence-electron chi connectivity index (χ4n) is 1.51. The molecule has 1 aromatic carbocycles. The molecule has 0 radical (unpaired) electrons. The van der Waals surface area contributed by atoms with E-state index in [0.29, 0.717) is 12.0 Å². The SMILES string of the molecule is CN(C)CCC(N)Cc1cc(Br)ccc1F. The summed E-state index contributed by atoms with van der Waals surface area (Å²) in [6, 6.07) is 4.97. The summed E-state index contributed by atoms with van der Waals surface area (Å²) in [5, 5.41) is 0. The minimum Gasteiger partial charge on any atom is -0.327 e. The second kappa shape index (κ2) is 6.33. The van der Waals surface area contributed by atoms with Crippen molar-refractivity contribution in [2.24, 2.45) is 5.73 Å². The Kier molecular flexibility index (Phi) is 5.38. The molecule has 0 spiro atoms. The lowest BCUT2D eigenvalue weighted by Crippen LogP contribution is -2.28. The molecule has 0 fully saturated rings. The Labute approximate surface area is 105 Å². The van der Waals surface area contributed by atoms with Crippen LogP contribution in [-0.2, 0) is 6.42 Å². The lowest BCUT2D eigenvalue weighted by molar-refractivity contribution is 0.378. The van der Waals surface area contributed by atoms with Crippen LogP contribution in [0.3, 0.4) is 0 Å². The molecule has 2 nitrogen and oxygen atoms in total. The first-order valence-corrected chi connectivity index (χ1v) is 6.12. The van der Waals surface area contributed by atoms with Gasteiger partial charge in [0.15, 0.2) is 0 Å². The quantitative estimate of drug-likeness (QED) is 0.902. The predicted molar refractivity (Wildman–Crippen MR) is 69.0 cm³/mol. The molecule has 0 bridgehead atoms. The smallest absolute Gasteiger partial charge is 0.126 e. The number of benzene rings is 1. The third-order valence-electron chi connectivity index (χ3n) is 2.44. The Bertz CT molecular complexity index is 342. The molecule has 2 N–H and O–H groups in total. The molecule has 0 heterocycles. The van der Waals surface area contributed by atoms with Crippen LogP contribution in [0.25, 0.3) is 0 Å². The minimum absolute atomic E-state index is 0.00574. The number of rotatable bonds is 5. The molecular weight excluding hydrogens is 271 g/mol. The fraction of sp³-hybridized carbons (Fsp3) is 0.500. The third kappa shape index (κ3) is 4.60. The van der Waals surface area contributed by atoms with Crippen LogP contribution in [0.2, 0.25) is 0 Å². The first kappa shape index (κ1) is 13.6. The highest BCUT2D eigenvalue weighted by molar-refractivity contribution is 9.10. The van der Waals surface area contributed by atoms with Gasteiger partial charge in [-0.3, -0.25) is 0 Å². The van der Waals surface area contributed by atoms with Crippen molar-refractivity contribution in [2.45, 2.75) is 18.9 Å². The average molecular weight is 289 g/mol. The molecule has 0 saturated heterocycles. The summed E-state index contributed by atoms with van der Waals surface area (Å²) in [4.78, 5) is 2.08. The number of nitrogens with zero attached hydrogens (tertiary/aromatic N) is 1. The highest BCUT2D eigenvalue weighted by atomic mass is 79.9. The molecule has 1 aromatic rings. The van der Waals surface area contributed by atoms with Crippen molar-refractivity contribution in [3.05, 3.63) is 34.1 Å². The number of halogens is 2. The fourth-order valence-corrected chi connectivity index (χ4v) is 1.92. The molecule has 0 aliphatic rings. The second-order valence-electron chi connectivity index (χ2n) is 4.29. The van der Waals surface area contributed by atoms with Crippen molar-refractivity contribution in [1.82, 2.24) is 4.90 Å². The maximum absolute atomic E-state index is 13.4. The Morgan fingerprint density at radius 2 is 2.12 bits per heavy atom. The van der Waals surface area contributed by atoms with Crippen LogP contribution in [0.5, 0.6) is 0 Å². The zero-order chi connectivity index (χ0) is 12.1. The predicted octanol–water partition coefficient (Wildman–Crippen LogP) is 2.41. The van der Waals surface area contributed by atoms with E-state index >= 15 is 0 Å². The zero-order valence-electron chi connectivity index (χ0n) is 9.71. The van der Waals surface area contributed by atoms with Gasteiger partial charge in [0.05, 0.1) is 0 Å². The molecule has 0 aliphatic carbocycles. The summed E-state index contributed by atoms with van der Waals surface area (Å²) in [5.41, 5.74) is 6.65. The molecule has 1 atom stereocenters. The van der Waals surface area contributed by atoms with Gasteiger partial charge in [-0.05, 0) is 57.2 Å². The zero-order valence-corrected chi connectivity index (χ0v) is 11.3. The number of hydrogen-bond donors (Lipinski definition) is 1. The van der Waals surface area contributed by atoms with Crippen LogP contribution < -0.4 is 5.73 Å². The van der Waals surface area contributed by atoms with Gasteiger partial charge in [-0.2, -0.15) is 0 Å². The summed E-state index contributed by atoms with van der Waals surface area (Å²) < 4.78 is 14.3. The Morgan fingerprint density at radius 1 is 1.44 bits per heavy atom. The molecule has 0 aromatic heterocycles. The molecule has 1 unspecified atom stereocenters. The van der Waals surface area contributed by atoms with Crippen LogP contribution >= 0.6 is 15.9 Å². The van der Waals surface area contributed by atoms with Crippen molar-refractivity contribution in [2.75, 3.05) is 20.6 Å². The number of hydrogen-bond acceptors (Lipinski definition) is 2. The van der Waals surface area contributed by atoms with E-state index in [9.17, 15) is 4.39 Å². The monoisotopic (exact) mass is 288 g/mol. The Balaban J connectivity index is 2.55. The van der Waals surface area contributed by atoms with Crippen molar-refractivity contribution in [3.8, 4) is 0 Å².